The van der Waals surface area contributed by atoms with Gasteiger partial charge in [-0.1, -0.05) is 30.3 Å². The van der Waals surface area contributed by atoms with Crippen LogP contribution in [0.1, 0.15) is 0 Å². The fourth-order valence-electron chi connectivity index (χ4n) is 3.96. The molecule has 6 rings (SSSR count). The molecule has 0 unspecified atom stereocenters. The predicted octanol–water partition coefficient (Wildman–Crippen LogP) is 7.11. The zero-order valence-corrected chi connectivity index (χ0v) is 16.3. The Morgan fingerprint density at radius 2 is 1.50 bits per heavy atom. The maximum Gasteiger partial charge on any atom is 0.149 e. The van der Waals surface area contributed by atoms with Crippen LogP contribution in [0.5, 0.6) is 0 Å². The molecule has 3 aromatic carbocycles. The smallest absolute Gasteiger partial charge is 0.149 e. The Labute approximate surface area is 168 Å². The number of pyridine rings is 2. The summed E-state index contributed by atoms with van der Waals surface area (Å²) in [6.07, 6.45) is 3.64. The Morgan fingerprint density at radius 1 is 0.714 bits per heavy atom. The van der Waals surface area contributed by atoms with E-state index in [1.807, 2.05) is 42.7 Å². The summed E-state index contributed by atoms with van der Waals surface area (Å²) in [5.41, 5.74) is 5.87. The molecule has 3 aromatic heterocycles. The van der Waals surface area contributed by atoms with Crippen molar-refractivity contribution in [2.24, 2.45) is 0 Å². The Kier molecular flexibility index (Phi) is 3.31. The lowest BCUT2D eigenvalue weighted by molar-refractivity contribution is 0.667. The highest BCUT2D eigenvalue weighted by Crippen LogP contribution is 2.40. The Bertz CT molecular complexity index is 1530. The summed E-state index contributed by atoms with van der Waals surface area (Å²) in [6.45, 7) is 0. The normalized spacial score (nSPS) is 11.8. The van der Waals surface area contributed by atoms with Gasteiger partial charge in [0.2, 0.25) is 0 Å². The van der Waals surface area contributed by atoms with Crippen molar-refractivity contribution in [2.45, 2.75) is 0 Å². The van der Waals surface area contributed by atoms with Crippen molar-refractivity contribution in [1.29, 1.82) is 0 Å². The second-order valence-electron chi connectivity index (χ2n) is 6.83. The summed E-state index contributed by atoms with van der Waals surface area (Å²) in [7, 11) is 0. The average molecular weight is 425 g/mol. The van der Waals surface area contributed by atoms with Crippen LogP contribution in [0.4, 0.5) is 0 Å². The molecule has 0 spiro atoms. The predicted molar refractivity (Wildman–Crippen MR) is 117 cm³/mol. The van der Waals surface area contributed by atoms with E-state index in [2.05, 4.69) is 62.3 Å². The van der Waals surface area contributed by atoms with E-state index in [4.69, 9.17) is 4.42 Å². The molecule has 3 nitrogen and oxygen atoms in total. The van der Waals surface area contributed by atoms with Crippen molar-refractivity contribution >= 4 is 59.7 Å². The van der Waals surface area contributed by atoms with Gasteiger partial charge < -0.3 is 4.42 Å². The number of halogens is 1. The van der Waals surface area contributed by atoms with Crippen LogP contribution < -0.4 is 0 Å². The Morgan fingerprint density at radius 3 is 2.43 bits per heavy atom. The van der Waals surface area contributed by atoms with E-state index in [9.17, 15) is 0 Å². The number of aromatic nitrogens is 2. The van der Waals surface area contributed by atoms with Crippen molar-refractivity contribution in [3.63, 3.8) is 0 Å². The van der Waals surface area contributed by atoms with Gasteiger partial charge in [0, 0.05) is 33.9 Å². The summed E-state index contributed by atoms with van der Waals surface area (Å²) >= 11 is 3.72. The molecule has 0 atom stereocenters. The number of hydrogen-bond donors (Lipinski definition) is 0. The number of fused-ring (bicyclic) bond motifs is 6. The topological polar surface area (TPSA) is 38.9 Å². The first-order valence-electron chi connectivity index (χ1n) is 9.03. The molecule has 0 amide bonds. The number of hydrogen-bond acceptors (Lipinski definition) is 3. The van der Waals surface area contributed by atoms with E-state index < -0.39 is 0 Å². The van der Waals surface area contributed by atoms with Gasteiger partial charge in [-0.3, -0.25) is 9.97 Å². The first-order chi connectivity index (χ1) is 13.8. The third-order valence-corrected chi connectivity index (χ3v) is 5.79. The van der Waals surface area contributed by atoms with Crippen LogP contribution in [-0.2, 0) is 0 Å². The van der Waals surface area contributed by atoms with Crippen molar-refractivity contribution < 1.29 is 4.42 Å². The molecule has 0 bridgehead atoms. The Hall–Kier alpha value is -3.24. The lowest BCUT2D eigenvalue weighted by atomic mass is 9.96. The van der Waals surface area contributed by atoms with Gasteiger partial charge in [-0.05, 0) is 63.5 Å². The molecule has 0 saturated carbocycles. The molecule has 0 radical (unpaired) electrons. The summed E-state index contributed by atoms with van der Waals surface area (Å²) in [5.74, 6) is 0. The van der Waals surface area contributed by atoms with Crippen LogP contribution >= 0.6 is 15.9 Å². The van der Waals surface area contributed by atoms with E-state index in [1.165, 1.54) is 0 Å². The van der Waals surface area contributed by atoms with Gasteiger partial charge in [0.15, 0.2) is 0 Å². The zero-order chi connectivity index (χ0) is 18.7. The van der Waals surface area contributed by atoms with Crippen LogP contribution in [0.2, 0.25) is 0 Å². The fraction of sp³-hybridized carbons (Fsp3) is 0. The minimum absolute atomic E-state index is 0.870. The first kappa shape index (κ1) is 15.8. The zero-order valence-electron chi connectivity index (χ0n) is 14.7. The molecule has 0 aliphatic rings. The lowest BCUT2D eigenvalue weighted by Crippen LogP contribution is -1.89. The minimum Gasteiger partial charge on any atom is -0.455 e. The third-order valence-electron chi connectivity index (χ3n) is 5.20. The van der Waals surface area contributed by atoms with E-state index in [0.29, 0.717) is 0 Å². The van der Waals surface area contributed by atoms with Crippen molar-refractivity contribution in [1.82, 2.24) is 9.97 Å². The third kappa shape index (κ3) is 2.21. The van der Waals surface area contributed by atoms with E-state index >= 15 is 0 Å². The SMILES string of the molecule is Brc1cc(-c2cc3cccnc3c3ncccc23)cc2c1oc1ccccc12. The standard InChI is InChI=1S/C24H13BrN2O/c25-20-13-15(12-19-16-6-1-2-8-21(16)28-24(19)20)18-11-14-5-3-9-26-22(14)23-17(18)7-4-10-27-23/h1-13H. The molecular weight excluding hydrogens is 412 g/mol. The monoisotopic (exact) mass is 424 g/mol. The van der Waals surface area contributed by atoms with Gasteiger partial charge >= 0.3 is 0 Å². The first-order valence-corrected chi connectivity index (χ1v) is 9.82. The summed E-state index contributed by atoms with van der Waals surface area (Å²) in [5, 5.41) is 4.39. The molecule has 0 fully saturated rings. The largest absolute Gasteiger partial charge is 0.455 e. The van der Waals surface area contributed by atoms with E-state index in [0.717, 1.165) is 59.3 Å². The minimum atomic E-state index is 0.870. The maximum atomic E-state index is 6.06. The molecule has 3 heterocycles. The van der Waals surface area contributed by atoms with Crippen molar-refractivity contribution in [3.05, 3.63) is 83.6 Å². The van der Waals surface area contributed by atoms with Crippen LogP contribution in [0, 0.1) is 0 Å². The van der Waals surface area contributed by atoms with Crippen LogP contribution in [-0.4, -0.2) is 9.97 Å². The van der Waals surface area contributed by atoms with Crippen LogP contribution in [0.3, 0.4) is 0 Å². The van der Waals surface area contributed by atoms with Gasteiger partial charge in [-0.2, -0.15) is 0 Å². The van der Waals surface area contributed by atoms with Gasteiger partial charge in [0.1, 0.15) is 11.2 Å². The molecular formula is C24H13BrN2O. The molecule has 0 aliphatic heterocycles. The van der Waals surface area contributed by atoms with Crippen LogP contribution in [0.15, 0.2) is 88.0 Å². The molecule has 132 valence electrons. The average Bonchev–Trinajstić information content (AvgIpc) is 3.13. The molecule has 6 aromatic rings. The number of nitrogens with zero attached hydrogens (tertiary/aromatic N) is 2. The number of benzene rings is 3. The summed E-state index contributed by atoms with van der Waals surface area (Å²) < 4.78 is 7.01. The maximum absolute atomic E-state index is 6.06. The molecule has 28 heavy (non-hydrogen) atoms. The van der Waals surface area contributed by atoms with E-state index in [1.54, 1.807) is 0 Å². The molecule has 0 aliphatic carbocycles. The number of para-hydroxylation sites is 1. The number of rotatable bonds is 1. The molecule has 4 heteroatoms. The van der Waals surface area contributed by atoms with Gasteiger partial charge in [0.05, 0.1) is 15.5 Å². The van der Waals surface area contributed by atoms with Gasteiger partial charge in [0.25, 0.3) is 0 Å². The molecule has 0 saturated heterocycles. The molecule has 0 N–H and O–H groups in total. The summed E-state index contributed by atoms with van der Waals surface area (Å²) in [4.78, 5) is 9.18. The highest BCUT2D eigenvalue weighted by Gasteiger charge is 2.15. The number of furan rings is 1. The highest BCUT2D eigenvalue weighted by molar-refractivity contribution is 9.10. The van der Waals surface area contributed by atoms with Crippen molar-refractivity contribution in [2.75, 3.05) is 0 Å². The second-order valence-corrected chi connectivity index (χ2v) is 7.69. The van der Waals surface area contributed by atoms with Crippen LogP contribution in [0.25, 0.3) is 54.9 Å². The Balaban J connectivity index is 1.75. The second kappa shape index (κ2) is 5.88. The van der Waals surface area contributed by atoms with Gasteiger partial charge in [-0.25, -0.2) is 0 Å². The fourth-order valence-corrected chi connectivity index (χ4v) is 4.50. The quantitative estimate of drug-likeness (QED) is 0.264. The van der Waals surface area contributed by atoms with Gasteiger partial charge in [-0.15, -0.1) is 0 Å². The highest BCUT2D eigenvalue weighted by atomic mass is 79.9. The lowest BCUT2D eigenvalue weighted by Gasteiger charge is -2.10. The van der Waals surface area contributed by atoms with Crippen molar-refractivity contribution in [3.8, 4) is 11.1 Å². The van der Waals surface area contributed by atoms with E-state index in [-0.39, 0.29) is 0 Å². The summed E-state index contributed by atoms with van der Waals surface area (Å²) in [6, 6.07) is 22.8.